The van der Waals surface area contributed by atoms with Crippen molar-refractivity contribution in [1.29, 1.82) is 0 Å². The third-order valence-electron chi connectivity index (χ3n) is 4.73. The first-order valence-electron chi connectivity index (χ1n) is 9.15. The second-order valence-corrected chi connectivity index (χ2v) is 6.67. The van der Waals surface area contributed by atoms with Gasteiger partial charge < -0.3 is 15.0 Å². The van der Waals surface area contributed by atoms with Crippen LogP contribution in [0.4, 0.5) is 5.69 Å². The zero-order chi connectivity index (χ0) is 19.5. The molecule has 0 aliphatic carbocycles. The van der Waals surface area contributed by atoms with Gasteiger partial charge in [0.05, 0.1) is 5.56 Å². The van der Waals surface area contributed by atoms with E-state index in [4.69, 9.17) is 5.11 Å². The SMILES string of the molecule is O=C(O)c1ccnc(C(=O)Nc2cccc(-c3nnc4n3CCCCC4)c2)c1. The molecule has 1 amide bonds. The lowest BCUT2D eigenvalue weighted by atomic mass is 10.1. The second kappa shape index (κ2) is 7.59. The van der Waals surface area contributed by atoms with Gasteiger partial charge >= 0.3 is 5.97 Å². The largest absolute Gasteiger partial charge is 0.478 e. The quantitative estimate of drug-likeness (QED) is 0.723. The highest BCUT2D eigenvalue weighted by molar-refractivity contribution is 6.04. The van der Waals surface area contributed by atoms with Gasteiger partial charge in [-0.2, -0.15) is 0 Å². The summed E-state index contributed by atoms with van der Waals surface area (Å²) in [5.41, 5.74) is 1.50. The van der Waals surface area contributed by atoms with Crippen LogP contribution in [0.5, 0.6) is 0 Å². The molecule has 0 saturated heterocycles. The standard InChI is InChI=1S/C20H19N5O3/c26-19(16-12-14(20(27)28)8-9-21-16)22-15-6-4-5-13(11-15)18-24-23-17-7-2-1-3-10-25(17)18/h4-6,8-9,11-12H,1-3,7,10H2,(H,22,26)(H,27,28). The topological polar surface area (TPSA) is 110 Å². The Morgan fingerprint density at radius 3 is 2.82 bits per heavy atom. The third kappa shape index (κ3) is 3.62. The van der Waals surface area contributed by atoms with Crippen LogP contribution in [0.1, 0.15) is 45.9 Å². The van der Waals surface area contributed by atoms with Gasteiger partial charge in [-0.15, -0.1) is 10.2 Å². The fourth-order valence-electron chi connectivity index (χ4n) is 3.32. The summed E-state index contributed by atoms with van der Waals surface area (Å²) in [6.45, 7) is 0.889. The van der Waals surface area contributed by atoms with Crippen LogP contribution in [0.2, 0.25) is 0 Å². The Labute approximate surface area is 161 Å². The van der Waals surface area contributed by atoms with Gasteiger partial charge in [-0.05, 0) is 37.1 Å². The normalized spacial score (nSPS) is 13.4. The molecule has 1 aliphatic heterocycles. The molecular weight excluding hydrogens is 358 g/mol. The average molecular weight is 377 g/mol. The Hall–Kier alpha value is -3.55. The van der Waals surface area contributed by atoms with Crippen molar-refractivity contribution in [3.05, 3.63) is 59.7 Å². The monoisotopic (exact) mass is 377 g/mol. The molecule has 2 aromatic heterocycles. The first kappa shape index (κ1) is 17.8. The molecular formula is C20H19N5O3. The van der Waals surface area contributed by atoms with Gasteiger partial charge in [0.2, 0.25) is 0 Å². The van der Waals surface area contributed by atoms with Crippen molar-refractivity contribution >= 4 is 17.6 Å². The first-order chi connectivity index (χ1) is 13.6. The summed E-state index contributed by atoms with van der Waals surface area (Å²) in [4.78, 5) is 27.5. The summed E-state index contributed by atoms with van der Waals surface area (Å²) in [6, 6.07) is 9.96. The van der Waals surface area contributed by atoms with Crippen molar-refractivity contribution in [2.45, 2.75) is 32.2 Å². The van der Waals surface area contributed by atoms with Crippen LogP contribution in [0.3, 0.4) is 0 Å². The van der Waals surface area contributed by atoms with Crippen molar-refractivity contribution in [2.75, 3.05) is 5.32 Å². The van der Waals surface area contributed by atoms with E-state index in [1.165, 1.54) is 24.8 Å². The van der Waals surface area contributed by atoms with Crippen LogP contribution >= 0.6 is 0 Å². The van der Waals surface area contributed by atoms with Gasteiger partial charge in [-0.3, -0.25) is 9.78 Å². The number of hydrogen-bond donors (Lipinski definition) is 2. The predicted molar refractivity (Wildman–Crippen MR) is 102 cm³/mol. The van der Waals surface area contributed by atoms with Gasteiger partial charge in [-0.1, -0.05) is 18.6 Å². The van der Waals surface area contributed by atoms with E-state index in [-0.39, 0.29) is 11.3 Å². The number of carbonyl (C=O) groups excluding carboxylic acids is 1. The van der Waals surface area contributed by atoms with Crippen molar-refractivity contribution < 1.29 is 14.7 Å². The summed E-state index contributed by atoms with van der Waals surface area (Å²) in [7, 11) is 0. The first-order valence-corrected chi connectivity index (χ1v) is 9.15. The maximum atomic E-state index is 12.5. The van der Waals surface area contributed by atoms with Crippen LogP contribution in [-0.2, 0) is 13.0 Å². The number of carboxylic acid groups (broad SMARTS) is 1. The van der Waals surface area contributed by atoms with Gasteiger partial charge in [0.25, 0.3) is 5.91 Å². The Bertz CT molecular complexity index is 1040. The average Bonchev–Trinajstić information content (AvgIpc) is 2.96. The molecule has 0 radical (unpaired) electrons. The number of aryl methyl sites for hydroxylation is 1. The summed E-state index contributed by atoms with van der Waals surface area (Å²) in [5.74, 6) is 0.210. The number of aromatic nitrogens is 4. The van der Waals surface area contributed by atoms with E-state index in [1.807, 2.05) is 18.2 Å². The van der Waals surface area contributed by atoms with Crippen molar-refractivity contribution in [2.24, 2.45) is 0 Å². The highest BCUT2D eigenvalue weighted by Crippen LogP contribution is 2.25. The van der Waals surface area contributed by atoms with E-state index in [0.29, 0.717) is 5.69 Å². The molecule has 4 rings (SSSR count). The maximum absolute atomic E-state index is 12.5. The van der Waals surface area contributed by atoms with E-state index in [2.05, 4.69) is 25.1 Å². The van der Waals surface area contributed by atoms with E-state index < -0.39 is 11.9 Å². The van der Waals surface area contributed by atoms with Gasteiger partial charge in [0.15, 0.2) is 5.82 Å². The molecule has 3 aromatic rings. The lowest BCUT2D eigenvalue weighted by Crippen LogP contribution is -2.14. The molecule has 2 N–H and O–H groups in total. The molecule has 0 bridgehead atoms. The minimum atomic E-state index is -1.11. The van der Waals surface area contributed by atoms with Crippen LogP contribution in [0, 0.1) is 0 Å². The zero-order valence-electron chi connectivity index (χ0n) is 15.1. The smallest absolute Gasteiger partial charge is 0.335 e. The Morgan fingerprint density at radius 1 is 1.07 bits per heavy atom. The number of rotatable bonds is 4. The lowest BCUT2D eigenvalue weighted by molar-refractivity contribution is 0.0696. The molecule has 8 nitrogen and oxygen atoms in total. The number of carbonyl (C=O) groups is 2. The molecule has 1 aromatic carbocycles. The number of carboxylic acids is 1. The minimum absolute atomic E-state index is 0.0139. The van der Waals surface area contributed by atoms with Gasteiger partial charge in [0.1, 0.15) is 11.5 Å². The number of hydrogen-bond acceptors (Lipinski definition) is 5. The third-order valence-corrected chi connectivity index (χ3v) is 4.73. The highest BCUT2D eigenvalue weighted by Gasteiger charge is 2.17. The molecule has 28 heavy (non-hydrogen) atoms. The van der Waals surface area contributed by atoms with Crippen LogP contribution < -0.4 is 5.32 Å². The summed E-state index contributed by atoms with van der Waals surface area (Å²) < 4.78 is 2.14. The summed E-state index contributed by atoms with van der Waals surface area (Å²) >= 11 is 0. The number of nitrogens with one attached hydrogen (secondary N) is 1. The molecule has 0 saturated carbocycles. The lowest BCUT2D eigenvalue weighted by Gasteiger charge is -2.09. The molecule has 0 atom stereocenters. The summed E-state index contributed by atoms with van der Waals surface area (Å²) in [5, 5.41) is 20.5. The Kier molecular flexibility index (Phi) is 4.84. The van der Waals surface area contributed by atoms with E-state index in [9.17, 15) is 9.59 Å². The molecule has 0 spiro atoms. The molecule has 3 heterocycles. The van der Waals surface area contributed by atoms with E-state index in [1.54, 1.807) is 6.07 Å². The van der Waals surface area contributed by atoms with Crippen LogP contribution in [0.15, 0.2) is 42.6 Å². The van der Waals surface area contributed by atoms with E-state index >= 15 is 0 Å². The Morgan fingerprint density at radius 2 is 1.96 bits per heavy atom. The van der Waals surface area contributed by atoms with Gasteiger partial charge in [-0.25, -0.2) is 4.79 Å². The number of benzene rings is 1. The fourth-order valence-corrected chi connectivity index (χ4v) is 3.32. The van der Waals surface area contributed by atoms with Crippen LogP contribution in [-0.4, -0.2) is 36.7 Å². The molecule has 8 heteroatoms. The van der Waals surface area contributed by atoms with E-state index in [0.717, 1.165) is 43.0 Å². The number of anilines is 1. The predicted octanol–water partition coefficient (Wildman–Crippen LogP) is 3.02. The molecule has 0 fully saturated rings. The fraction of sp³-hybridized carbons (Fsp3) is 0.250. The maximum Gasteiger partial charge on any atom is 0.335 e. The number of pyridine rings is 1. The van der Waals surface area contributed by atoms with Crippen LogP contribution in [0.25, 0.3) is 11.4 Å². The summed E-state index contributed by atoms with van der Waals surface area (Å²) in [6.07, 6.45) is 5.63. The number of fused-ring (bicyclic) bond motifs is 1. The Balaban J connectivity index is 1.58. The van der Waals surface area contributed by atoms with Crippen molar-refractivity contribution in [3.63, 3.8) is 0 Å². The van der Waals surface area contributed by atoms with Crippen molar-refractivity contribution in [3.8, 4) is 11.4 Å². The zero-order valence-corrected chi connectivity index (χ0v) is 15.1. The minimum Gasteiger partial charge on any atom is -0.478 e. The van der Waals surface area contributed by atoms with Crippen molar-refractivity contribution in [1.82, 2.24) is 19.7 Å². The number of amides is 1. The number of aromatic carboxylic acids is 1. The highest BCUT2D eigenvalue weighted by atomic mass is 16.4. The molecule has 1 aliphatic rings. The number of nitrogens with zero attached hydrogens (tertiary/aromatic N) is 4. The molecule has 142 valence electrons. The van der Waals surface area contributed by atoms with Gasteiger partial charge in [0, 0.05) is 30.4 Å². The molecule has 0 unspecified atom stereocenters. The second-order valence-electron chi connectivity index (χ2n) is 6.67.